The second-order valence-corrected chi connectivity index (χ2v) is 4.20. The monoisotopic (exact) mass is 275 g/mol. The first-order chi connectivity index (χ1) is 9.20. The summed E-state index contributed by atoms with van der Waals surface area (Å²) in [6.45, 7) is 0.514. The number of benzene rings is 1. The fraction of sp³-hybridized carbons (Fsp3) is 0.154. The van der Waals surface area contributed by atoms with Crippen LogP contribution in [0.25, 0.3) is 0 Å². The first-order valence-corrected chi connectivity index (χ1v) is 5.98. The predicted octanol–water partition coefficient (Wildman–Crippen LogP) is 2.05. The summed E-state index contributed by atoms with van der Waals surface area (Å²) < 4.78 is 10.7. The van der Waals surface area contributed by atoms with Crippen LogP contribution in [0, 0.1) is 0 Å². The van der Waals surface area contributed by atoms with Crippen LogP contribution in [0.5, 0.6) is 11.6 Å². The Morgan fingerprint density at radius 2 is 2.11 bits per heavy atom. The smallest absolute Gasteiger partial charge is 0.248 e. The quantitative estimate of drug-likeness (QED) is 0.842. The summed E-state index contributed by atoms with van der Waals surface area (Å²) in [4.78, 5) is 8.29. The molecule has 0 saturated carbocycles. The highest BCUT2D eigenvalue weighted by Gasteiger charge is 2.10. The van der Waals surface area contributed by atoms with Crippen LogP contribution in [0.3, 0.4) is 0 Å². The maximum Gasteiger partial charge on any atom is 0.248 e. The third-order valence-corrected chi connectivity index (χ3v) is 2.52. The Balaban J connectivity index is 2.26. The summed E-state index contributed by atoms with van der Waals surface area (Å²) in [5.41, 5.74) is 6.95. The van der Waals surface area contributed by atoms with Crippen molar-refractivity contribution in [3.63, 3.8) is 0 Å². The largest absolute Gasteiger partial charge is 0.437 e. The molecule has 2 rings (SSSR count). The summed E-state index contributed by atoms with van der Waals surface area (Å²) in [6, 6.07) is 7.50. The predicted molar refractivity (Wildman–Crippen MR) is 75.1 cm³/mol. The van der Waals surface area contributed by atoms with E-state index in [2.05, 4.69) is 9.97 Å². The Labute approximate surface area is 116 Å². The topological polar surface area (TPSA) is 70.3 Å². The molecule has 0 radical (unpaired) electrons. The van der Waals surface area contributed by atoms with Crippen molar-refractivity contribution in [3.05, 3.63) is 47.9 Å². The summed E-state index contributed by atoms with van der Waals surface area (Å²) in [5.74, 6) is 0.928. The molecule has 19 heavy (non-hydrogen) atoms. The maximum atomic E-state index is 5.66. The van der Waals surface area contributed by atoms with Crippen molar-refractivity contribution in [1.29, 1.82) is 0 Å². The van der Waals surface area contributed by atoms with E-state index in [1.807, 2.05) is 24.3 Å². The average Bonchev–Trinajstić information content (AvgIpc) is 2.40. The molecule has 98 valence electrons. The molecule has 1 aromatic carbocycles. The number of thiocarbonyl (C=S) groups is 1. The molecule has 0 bridgehead atoms. The van der Waals surface area contributed by atoms with E-state index < -0.39 is 0 Å². The third kappa shape index (κ3) is 3.46. The molecule has 2 N–H and O–H groups in total. The molecule has 0 aliphatic heterocycles. The highest BCUT2D eigenvalue weighted by molar-refractivity contribution is 7.80. The summed E-state index contributed by atoms with van der Waals surface area (Å²) in [6.07, 6.45) is 3.04. The number of nitrogens with two attached hydrogens (primary N) is 1. The number of aromatic nitrogens is 2. The van der Waals surface area contributed by atoms with Crippen LogP contribution < -0.4 is 10.5 Å². The van der Waals surface area contributed by atoms with Gasteiger partial charge in [0.05, 0.1) is 6.61 Å². The van der Waals surface area contributed by atoms with Gasteiger partial charge in [-0.05, 0) is 17.7 Å². The van der Waals surface area contributed by atoms with Gasteiger partial charge >= 0.3 is 0 Å². The summed E-state index contributed by atoms with van der Waals surface area (Å²) >= 11 is 4.91. The molecule has 0 spiro atoms. The third-order valence-electron chi connectivity index (χ3n) is 2.32. The van der Waals surface area contributed by atoms with Crippen molar-refractivity contribution in [1.82, 2.24) is 9.97 Å². The van der Waals surface area contributed by atoms with Gasteiger partial charge in [0.15, 0.2) is 5.69 Å². The number of nitrogens with zero attached hydrogens (tertiary/aromatic N) is 2. The minimum Gasteiger partial charge on any atom is -0.437 e. The second-order valence-electron chi connectivity index (χ2n) is 3.76. The minimum atomic E-state index is 0.149. The lowest BCUT2D eigenvalue weighted by Crippen LogP contribution is -2.13. The number of rotatable bonds is 5. The molecule has 0 amide bonds. The Morgan fingerprint density at radius 1 is 1.32 bits per heavy atom. The molecule has 5 nitrogen and oxygen atoms in total. The van der Waals surface area contributed by atoms with Crippen molar-refractivity contribution in [3.8, 4) is 11.6 Å². The number of methoxy groups -OCH3 is 1. The van der Waals surface area contributed by atoms with Gasteiger partial charge in [0.25, 0.3) is 0 Å². The van der Waals surface area contributed by atoms with E-state index in [1.54, 1.807) is 7.11 Å². The Morgan fingerprint density at radius 3 is 2.84 bits per heavy atom. The zero-order valence-electron chi connectivity index (χ0n) is 10.4. The number of ether oxygens (including phenoxy) is 2. The van der Waals surface area contributed by atoms with Gasteiger partial charge < -0.3 is 15.2 Å². The van der Waals surface area contributed by atoms with Crippen LogP contribution in [-0.2, 0) is 11.3 Å². The highest BCUT2D eigenvalue weighted by Crippen LogP contribution is 2.22. The minimum absolute atomic E-state index is 0.149. The van der Waals surface area contributed by atoms with Gasteiger partial charge in [0.1, 0.15) is 10.7 Å². The molecule has 0 aliphatic carbocycles. The van der Waals surface area contributed by atoms with Crippen LogP contribution in [0.15, 0.2) is 36.7 Å². The van der Waals surface area contributed by atoms with Crippen LogP contribution in [0.1, 0.15) is 11.3 Å². The number of hydrogen-bond acceptors (Lipinski definition) is 5. The van der Waals surface area contributed by atoms with E-state index in [1.165, 1.54) is 12.4 Å². The van der Waals surface area contributed by atoms with Gasteiger partial charge in [-0.25, -0.2) is 9.97 Å². The normalized spacial score (nSPS) is 10.2. The molecule has 0 atom stereocenters. The van der Waals surface area contributed by atoms with Gasteiger partial charge in [-0.15, -0.1) is 0 Å². The van der Waals surface area contributed by atoms with Crippen LogP contribution in [-0.4, -0.2) is 22.1 Å². The average molecular weight is 275 g/mol. The lowest BCUT2D eigenvalue weighted by Gasteiger charge is -2.09. The maximum absolute atomic E-state index is 5.66. The van der Waals surface area contributed by atoms with Gasteiger partial charge in [-0.1, -0.05) is 24.4 Å². The molecule has 1 aromatic heterocycles. The molecular weight excluding hydrogens is 262 g/mol. The van der Waals surface area contributed by atoms with Crippen molar-refractivity contribution in [2.45, 2.75) is 6.61 Å². The lowest BCUT2D eigenvalue weighted by atomic mass is 10.2. The van der Waals surface area contributed by atoms with Gasteiger partial charge in [-0.2, -0.15) is 0 Å². The first-order valence-electron chi connectivity index (χ1n) is 5.57. The fourth-order valence-corrected chi connectivity index (χ4v) is 1.69. The zero-order valence-corrected chi connectivity index (χ0v) is 11.2. The molecule has 0 saturated heterocycles. The summed E-state index contributed by atoms with van der Waals surface area (Å²) in [5, 5.41) is 0. The van der Waals surface area contributed by atoms with E-state index >= 15 is 0 Å². The lowest BCUT2D eigenvalue weighted by molar-refractivity contribution is 0.184. The molecule has 1 heterocycles. The molecule has 2 aromatic rings. The van der Waals surface area contributed by atoms with E-state index in [0.29, 0.717) is 23.9 Å². The molecular formula is C13H13N3O2S. The van der Waals surface area contributed by atoms with Crippen molar-refractivity contribution in [2.75, 3.05) is 7.11 Å². The summed E-state index contributed by atoms with van der Waals surface area (Å²) in [7, 11) is 1.64. The molecule has 0 aliphatic rings. The highest BCUT2D eigenvalue weighted by atomic mass is 32.1. The van der Waals surface area contributed by atoms with Crippen LogP contribution in [0.2, 0.25) is 0 Å². The van der Waals surface area contributed by atoms with Crippen LogP contribution >= 0.6 is 12.2 Å². The Hall–Kier alpha value is -2.05. The van der Waals surface area contributed by atoms with E-state index in [4.69, 9.17) is 27.4 Å². The van der Waals surface area contributed by atoms with Crippen molar-refractivity contribution < 1.29 is 9.47 Å². The Kier molecular flexibility index (Phi) is 4.38. The van der Waals surface area contributed by atoms with Gasteiger partial charge in [-0.3, -0.25) is 0 Å². The standard InChI is InChI=1S/C13H13N3O2S/c1-17-8-9-3-2-4-10(7-9)18-13-11(12(14)19)15-5-6-16-13/h2-7H,8H2,1H3,(H2,14,19). The molecule has 0 fully saturated rings. The first kappa shape index (κ1) is 13.4. The Bertz CT molecular complexity index is 590. The van der Waals surface area contributed by atoms with Crippen molar-refractivity contribution in [2.24, 2.45) is 5.73 Å². The van der Waals surface area contributed by atoms with Crippen molar-refractivity contribution >= 4 is 17.2 Å². The number of hydrogen-bond donors (Lipinski definition) is 1. The molecule has 6 heteroatoms. The van der Waals surface area contributed by atoms with E-state index in [0.717, 1.165) is 5.56 Å². The van der Waals surface area contributed by atoms with E-state index in [9.17, 15) is 0 Å². The second kappa shape index (κ2) is 6.21. The van der Waals surface area contributed by atoms with E-state index in [-0.39, 0.29) is 4.99 Å². The van der Waals surface area contributed by atoms with Gasteiger partial charge in [0, 0.05) is 19.5 Å². The van der Waals surface area contributed by atoms with Gasteiger partial charge in [0.2, 0.25) is 5.88 Å². The van der Waals surface area contributed by atoms with Crippen LogP contribution in [0.4, 0.5) is 0 Å². The fourth-order valence-electron chi connectivity index (χ4n) is 1.55. The SMILES string of the molecule is COCc1cccc(Oc2nccnc2C(N)=S)c1. The molecule has 0 unspecified atom stereocenters. The zero-order chi connectivity index (χ0) is 13.7.